The van der Waals surface area contributed by atoms with Crippen molar-refractivity contribution in [1.29, 1.82) is 0 Å². The van der Waals surface area contributed by atoms with Gasteiger partial charge in [-0.15, -0.1) is 0 Å². The third-order valence-corrected chi connectivity index (χ3v) is 2.46. The molecule has 0 atom stereocenters. The van der Waals surface area contributed by atoms with Crippen molar-refractivity contribution in [2.24, 2.45) is 0 Å². The Morgan fingerprint density at radius 1 is 1.56 bits per heavy atom. The normalized spacial score (nSPS) is 11.4. The zero-order valence-electron chi connectivity index (χ0n) is 9.02. The minimum Gasteiger partial charge on any atom is -0.317 e. The summed E-state index contributed by atoms with van der Waals surface area (Å²) in [5.41, 5.74) is -0.969. The highest BCUT2D eigenvalue weighted by atomic mass is 79.9. The number of aromatic nitrogens is 1. The van der Waals surface area contributed by atoms with E-state index in [1.165, 1.54) is 0 Å². The van der Waals surface area contributed by atoms with Crippen molar-refractivity contribution < 1.29 is 22.8 Å². The maximum atomic E-state index is 12.4. The lowest BCUT2D eigenvalue weighted by molar-refractivity contribution is -0.142. The van der Waals surface area contributed by atoms with Gasteiger partial charge in [-0.2, -0.15) is 13.2 Å². The van der Waals surface area contributed by atoms with Crippen LogP contribution >= 0.6 is 15.9 Å². The van der Waals surface area contributed by atoms with Crippen LogP contribution in [0.15, 0.2) is 15.3 Å². The smallest absolute Gasteiger partial charge is 0.317 e. The molecule has 0 spiro atoms. The fraction of sp³-hybridized carbons (Fsp3) is 0.333. The number of aromatic amines is 1. The molecule has 0 aliphatic carbocycles. The lowest BCUT2D eigenvalue weighted by Crippen LogP contribution is -2.31. The van der Waals surface area contributed by atoms with Crippen LogP contribution in [0.1, 0.15) is 23.0 Å². The van der Waals surface area contributed by atoms with Crippen molar-refractivity contribution in [2.75, 3.05) is 6.61 Å². The lowest BCUT2D eigenvalue weighted by Gasteiger charge is -2.10. The minimum atomic E-state index is -4.72. The summed E-state index contributed by atoms with van der Waals surface area (Å²) in [7, 11) is 0. The number of nitrogens with one attached hydrogen (secondary N) is 2. The Kier molecular flexibility index (Phi) is 4.52. The summed E-state index contributed by atoms with van der Waals surface area (Å²) < 4.78 is 36.9. The fourth-order valence-corrected chi connectivity index (χ4v) is 1.63. The largest absolute Gasteiger partial charge is 0.432 e. The fourth-order valence-electron chi connectivity index (χ4n) is 1.07. The SMILES string of the molecule is CCONC(=O)c1cc(Br)c(C(F)(F)F)[nH]c1=O. The van der Waals surface area contributed by atoms with Crippen molar-refractivity contribution in [1.82, 2.24) is 10.5 Å². The second-order valence-electron chi connectivity index (χ2n) is 3.10. The first-order valence-corrected chi connectivity index (χ1v) is 5.48. The molecule has 1 rings (SSSR count). The summed E-state index contributed by atoms with van der Waals surface area (Å²) in [6.07, 6.45) is -4.72. The number of rotatable bonds is 3. The summed E-state index contributed by atoms with van der Waals surface area (Å²) in [5, 5.41) is 0. The summed E-state index contributed by atoms with van der Waals surface area (Å²) in [6, 6.07) is 0.788. The predicted octanol–water partition coefficient (Wildman–Crippen LogP) is 1.84. The first-order valence-electron chi connectivity index (χ1n) is 4.69. The number of carbonyl (C=O) groups is 1. The van der Waals surface area contributed by atoms with E-state index in [-0.39, 0.29) is 6.61 Å². The van der Waals surface area contributed by atoms with Gasteiger partial charge in [-0.25, -0.2) is 5.48 Å². The van der Waals surface area contributed by atoms with Gasteiger partial charge >= 0.3 is 6.18 Å². The van der Waals surface area contributed by atoms with E-state index in [0.717, 1.165) is 6.07 Å². The summed E-state index contributed by atoms with van der Waals surface area (Å²) in [5.74, 6) is -0.924. The number of hydrogen-bond donors (Lipinski definition) is 2. The van der Waals surface area contributed by atoms with Crippen LogP contribution in [-0.4, -0.2) is 17.5 Å². The average Bonchev–Trinajstić information content (AvgIpc) is 2.27. The molecule has 9 heteroatoms. The molecule has 0 unspecified atom stereocenters. The highest BCUT2D eigenvalue weighted by molar-refractivity contribution is 9.10. The van der Waals surface area contributed by atoms with Gasteiger partial charge < -0.3 is 4.98 Å². The van der Waals surface area contributed by atoms with Crippen LogP contribution in [0.2, 0.25) is 0 Å². The number of pyridine rings is 1. The third-order valence-electron chi connectivity index (χ3n) is 1.83. The molecule has 0 aliphatic rings. The quantitative estimate of drug-likeness (QED) is 0.832. The Bertz CT molecular complexity index is 513. The molecule has 0 aromatic carbocycles. The second-order valence-corrected chi connectivity index (χ2v) is 3.95. The van der Waals surface area contributed by atoms with Gasteiger partial charge in [0.2, 0.25) is 0 Å². The van der Waals surface area contributed by atoms with E-state index in [1.807, 2.05) is 5.48 Å². The molecule has 1 amide bonds. The van der Waals surface area contributed by atoms with Gasteiger partial charge in [-0.1, -0.05) is 0 Å². The first-order chi connectivity index (χ1) is 8.27. The van der Waals surface area contributed by atoms with Gasteiger partial charge in [0.15, 0.2) is 0 Å². The van der Waals surface area contributed by atoms with Gasteiger partial charge in [0.05, 0.1) is 6.61 Å². The van der Waals surface area contributed by atoms with Crippen molar-refractivity contribution >= 4 is 21.8 Å². The molecular weight excluding hydrogens is 321 g/mol. The molecule has 0 saturated carbocycles. The highest BCUT2D eigenvalue weighted by Gasteiger charge is 2.35. The van der Waals surface area contributed by atoms with Crippen LogP contribution < -0.4 is 11.0 Å². The van der Waals surface area contributed by atoms with E-state index in [1.54, 1.807) is 11.9 Å². The summed E-state index contributed by atoms with van der Waals surface area (Å²) >= 11 is 2.64. The van der Waals surface area contributed by atoms with Crippen molar-refractivity contribution in [2.45, 2.75) is 13.1 Å². The molecule has 18 heavy (non-hydrogen) atoms. The standard InChI is InChI=1S/C9H8BrF3N2O3/c1-2-18-15-8(17)4-3-5(10)6(9(11,12)13)14-7(4)16/h3H,2H2,1H3,(H,14,16)(H,15,17). The summed E-state index contributed by atoms with van der Waals surface area (Å²) in [4.78, 5) is 28.9. The number of carbonyl (C=O) groups excluding carboxylic acids is 1. The van der Waals surface area contributed by atoms with E-state index in [2.05, 4.69) is 20.8 Å². The van der Waals surface area contributed by atoms with Gasteiger partial charge in [0.1, 0.15) is 11.3 Å². The third kappa shape index (κ3) is 3.33. The average molecular weight is 329 g/mol. The van der Waals surface area contributed by atoms with Crippen molar-refractivity contribution in [3.05, 3.63) is 32.2 Å². The molecule has 1 heterocycles. The van der Waals surface area contributed by atoms with E-state index < -0.39 is 33.4 Å². The van der Waals surface area contributed by atoms with Gasteiger partial charge in [0, 0.05) is 4.47 Å². The number of alkyl halides is 3. The number of H-pyrrole nitrogens is 1. The van der Waals surface area contributed by atoms with E-state index in [0.29, 0.717) is 0 Å². The molecule has 0 fully saturated rings. The number of hydroxylamine groups is 1. The van der Waals surface area contributed by atoms with Crippen LogP contribution in [0.25, 0.3) is 0 Å². The van der Waals surface area contributed by atoms with Crippen LogP contribution in [0, 0.1) is 0 Å². The number of amides is 1. The first kappa shape index (κ1) is 14.7. The predicted molar refractivity (Wildman–Crippen MR) is 58.9 cm³/mol. The molecule has 0 radical (unpaired) electrons. The Hall–Kier alpha value is -1.35. The van der Waals surface area contributed by atoms with E-state index in [4.69, 9.17) is 0 Å². The zero-order chi connectivity index (χ0) is 13.9. The molecule has 0 saturated heterocycles. The van der Waals surface area contributed by atoms with Crippen LogP contribution in [0.4, 0.5) is 13.2 Å². The van der Waals surface area contributed by atoms with Gasteiger partial charge in [-0.05, 0) is 28.9 Å². The van der Waals surface area contributed by atoms with Crippen molar-refractivity contribution in [3.63, 3.8) is 0 Å². The minimum absolute atomic E-state index is 0.158. The number of hydrogen-bond acceptors (Lipinski definition) is 3. The molecular formula is C9H8BrF3N2O3. The van der Waals surface area contributed by atoms with Crippen LogP contribution in [0.5, 0.6) is 0 Å². The molecule has 1 aromatic rings. The second kappa shape index (κ2) is 5.53. The Balaban J connectivity index is 3.16. The van der Waals surface area contributed by atoms with Gasteiger partial charge in [-0.3, -0.25) is 14.4 Å². The molecule has 1 aromatic heterocycles. The molecule has 2 N–H and O–H groups in total. The zero-order valence-corrected chi connectivity index (χ0v) is 10.6. The molecule has 0 aliphatic heterocycles. The monoisotopic (exact) mass is 328 g/mol. The Labute approximate surface area is 107 Å². The van der Waals surface area contributed by atoms with E-state index >= 15 is 0 Å². The Morgan fingerprint density at radius 3 is 2.67 bits per heavy atom. The Morgan fingerprint density at radius 2 is 2.17 bits per heavy atom. The van der Waals surface area contributed by atoms with Crippen LogP contribution in [0.3, 0.4) is 0 Å². The molecule has 100 valence electrons. The van der Waals surface area contributed by atoms with E-state index in [9.17, 15) is 22.8 Å². The molecule has 5 nitrogen and oxygen atoms in total. The highest BCUT2D eigenvalue weighted by Crippen LogP contribution is 2.32. The van der Waals surface area contributed by atoms with Crippen molar-refractivity contribution in [3.8, 4) is 0 Å². The molecule has 0 bridgehead atoms. The number of halogens is 4. The maximum Gasteiger partial charge on any atom is 0.432 e. The summed E-state index contributed by atoms with van der Waals surface area (Å²) in [6.45, 7) is 1.75. The topological polar surface area (TPSA) is 71.2 Å². The lowest BCUT2D eigenvalue weighted by atomic mass is 10.2. The van der Waals surface area contributed by atoms with Gasteiger partial charge in [0.25, 0.3) is 11.5 Å². The van der Waals surface area contributed by atoms with Crippen LogP contribution in [-0.2, 0) is 11.0 Å². The maximum absolute atomic E-state index is 12.4.